The summed E-state index contributed by atoms with van der Waals surface area (Å²) in [4.78, 5) is 16.2. The maximum absolute atomic E-state index is 12.4. The van der Waals surface area contributed by atoms with E-state index >= 15 is 0 Å². The average molecular weight is 257 g/mol. The van der Waals surface area contributed by atoms with Gasteiger partial charge in [-0.05, 0) is 25.0 Å². The molecule has 0 aromatic heterocycles. The van der Waals surface area contributed by atoms with Crippen molar-refractivity contribution in [2.24, 2.45) is 0 Å². The van der Waals surface area contributed by atoms with Crippen LogP contribution in [0.1, 0.15) is 18.4 Å². The van der Waals surface area contributed by atoms with E-state index in [0.717, 1.165) is 30.8 Å². The van der Waals surface area contributed by atoms with Gasteiger partial charge in [-0.3, -0.25) is 4.79 Å². The summed E-state index contributed by atoms with van der Waals surface area (Å²) in [6, 6.07) is 9.82. The lowest BCUT2D eigenvalue weighted by Gasteiger charge is -2.31. The van der Waals surface area contributed by atoms with Crippen molar-refractivity contribution in [3.63, 3.8) is 0 Å². The molecule has 1 aromatic rings. The summed E-state index contributed by atoms with van der Waals surface area (Å²) in [5.74, 6) is 0.0438. The van der Waals surface area contributed by atoms with Gasteiger partial charge in [0.15, 0.2) is 0 Å². The third-order valence-electron chi connectivity index (χ3n) is 3.64. The van der Waals surface area contributed by atoms with Crippen LogP contribution in [-0.2, 0) is 4.79 Å². The fourth-order valence-corrected chi connectivity index (χ4v) is 2.59. The Bertz CT molecular complexity index is 506. The minimum absolute atomic E-state index is 0.0438. The number of carbonyl (C=O) groups excluding carboxylic acids is 1. The zero-order valence-corrected chi connectivity index (χ0v) is 11.5. The predicted molar refractivity (Wildman–Crippen MR) is 74.8 cm³/mol. The molecule has 1 amide bonds. The summed E-state index contributed by atoms with van der Waals surface area (Å²) in [6.45, 7) is 3.61. The Morgan fingerprint density at radius 2 is 2.11 bits per heavy atom. The standard InChI is InChI=1S/C15H19N3O/c1-12-6-3-4-7-13(12)18-11-5-10-17(2)15(19)14(18)8-9-16/h3-4,6-7,14H,5,8,10-11H2,1-2H3. The molecule has 4 heteroatoms. The van der Waals surface area contributed by atoms with Crippen LogP contribution in [0.3, 0.4) is 0 Å². The number of carbonyl (C=O) groups is 1. The molecule has 0 spiro atoms. The fraction of sp³-hybridized carbons (Fsp3) is 0.467. The molecule has 4 nitrogen and oxygen atoms in total. The highest BCUT2D eigenvalue weighted by Crippen LogP contribution is 2.25. The lowest BCUT2D eigenvalue weighted by Crippen LogP contribution is -2.45. The van der Waals surface area contributed by atoms with Crippen LogP contribution in [0.15, 0.2) is 24.3 Å². The number of hydrogen-bond acceptors (Lipinski definition) is 3. The molecule has 0 radical (unpaired) electrons. The van der Waals surface area contributed by atoms with E-state index in [1.165, 1.54) is 0 Å². The van der Waals surface area contributed by atoms with Crippen LogP contribution >= 0.6 is 0 Å². The molecule has 1 atom stereocenters. The number of para-hydroxylation sites is 1. The molecule has 1 unspecified atom stereocenters. The SMILES string of the molecule is Cc1ccccc1N1CCCN(C)C(=O)C1CC#N. The Morgan fingerprint density at radius 1 is 1.37 bits per heavy atom. The topological polar surface area (TPSA) is 47.3 Å². The molecule has 1 aliphatic heterocycles. The van der Waals surface area contributed by atoms with E-state index in [1.807, 2.05) is 38.2 Å². The highest BCUT2D eigenvalue weighted by atomic mass is 16.2. The van der Waals surface area contributed by atoms with Gasteiger partial charge in [-0.1, -0.05) is 18.2 Å². The van der Waals surface area contributed by atoms with E-state index in [-0.39, 0.29) is 18.4 Å². The van der Waals surface area contributed by atoms with Gasteiger partial charge in [-0.2, -0.15) is 5.26 Å². The average Bonchev–Trinajstić information content (AvgIpc) is 2.53. The maximum atomic E-state index is 12.4. The van der Waals surface area contributed by atoms with Gasteiger partial charge in [0.1, 0.15) is 6.04 Å². The first-order valence-electron chi connectivity index (χ1n) is 6.59. The molecule has 1 aromatic carbocycles. The first-order chi connectivity index (χ1) is 9.15. The normalized spacial score (nSPS) is 20.1. The summed E-state index contributed by atoms with van der Waals surface area (Å²) < 4.78 is 0. The first kappa shape index (κ1) is 13.4. The summed E-state index contributed by atoms with van der Waals surface area (Å²) in [5, 5.41) is 9.00. The van der Waals surface area contributed by atoms with Crippen molar-refractivity contribution >= 4 is 11.6 Å². The third kappa shape index (κ3) is 2.70. The Morgan fingerprint density at radius 3 is 2.79 bits per heavy atom. The summed E-state index contributed by atoms with van der Waals surface area (Å²) in [6.07, 6.45) is 1.16. The maximum Gasteiger partial charge on any atom is 0.246 e. The van der Waals surface area contributed by atoms with Crippen LogP contribution in [0.2, 0.25) is 0 Å². The second kappa shape index (κ2) is 5.75. The molecule has 0 saturated carbocycles. The van der Waals surface area contributed by atoms with Gasteiger partial charge in [-0.15, -0.1) is 0 Å². The van der Waals surface area contributed by atoms with E-state index in [1.54, 1.807) is 4.90 Å². The summed E-state index contributed by atoms with van der Waals surface area (Å²) >= 11 is 0. The molecule has 1 saturated heterocycles. The van der Waals surface area contributed by atoms with Gasteiger partial charge in [0.2, 0.25) is 5.91 Å². The van der Waals surface area contributed by atoms with Crippen LogP contribution < -0.4 is 4.90 Å². The predicted octanol–water partition coefficient (Wildman–Crippen LogP) is 1.95. The van der Waals surface area contributed by atoms with Crippen molar-refractivity contribution in [3.8, 4) is 6.07 Å². The van der Waals surface area contributed by atoms with Gasteiger partial charge in [-0.25, -0.2) is 0 Å². The molecule has 0 bridgehead atoms. The monoisotopic (exact) mass is 257 g/mol. The van der Waals surface area contributed by atoms with E-state index in [9.17, 15) is 4.79 Å². The smallest absolute Gasteiger partial charge is 0.246 e. The quantitative estimate of drug-likeness (QED) is 0.813. The van der Waals surface area contributed by atoms with E-state index in [2.05, 4.69) is 11.0 Å². The second-order valence-electron chi connectivity index (χ2n) is 4.97. The van der Waals surface area contributed by atoms with Crippen LogP contribution in [-0.4, -0.2) is 37.0 Å². The van der Waals surface area contributed by atoms with Crippen molar-refractivity contribution in [1.82, 2.24) is 4.90 Å². The van der Waals surface area contributed by atoms with Gasteiger partial charge in [0.25, 0.3) is 0 Å². The van der Waals surface area contributed by atoms with Crippen molar-refractivity contribution in [2.75, 3.05) is 25.0 Å². The van der Waals surface area contributed by atoms with E-state index in [4.69, 9.17) is 5.26 Å². The lowest BCUT2D eigenvalue weighted by atomic mass is 10.1. The van der Waals surface area contributed by atoms with Crippen LogP contribution in [0.5, 0.6) is 0 Å². The molecule has 0 aliphatic carbocycles. The highest BCUT2D eigenvalue weighted by molar-refractivity contribution is 5.86. The van der Waals surface area contributed by atoms with Crippen LogP contribution in [0.25, 0.3) is 0 Å². The van der Waals surface area contributed by atoms with E-state index < -0.39 is 0 Å². The van der Waals surface area contributed by atoms with Gasteiger partial charge in [0.05, 0.1) is 12.5 Å². The Labute approximate surface area is 114 Å². The number of hydrogen-bond donors (Lipinski definition) is 0. The molecular formula is C15H19N3O. The second-order valence-corrected chi connectivity index (χ2v) is 4.97. The van der Waals surface area contributed by atoms with Gasteiger partial charge in [0, 0.05) is 25.8 Å². The zero-order chi connectivity index (χ0) is 13.8. The number of likely N-dealkylation sites (N-methyl/N-ethyl adjacent to an activating group) is 1. The van der Waals surface area contributed by atoms with Crippen molar-refractivity contribution in [3.05, 3.63) is 29.8 Å². The third-order valence-corrected chi connectivity index (χ3v) is 3.64. The number of aryl methyl sites for hydroxylation is 1. The van der Waals surface area contributed by atoms with Gasteiger partial charge < -0.3 is 9.80 Å². The number of rotatable bonds is 2. The Kier molecular flexibility index (Phi) is 4.06. The fourth-order valence-electron chi connectivity index (χ4n) is 2.59. The molecular weight excluding hydrogens is 238 g/mol. The minimum atomic E-state index is -0.362. The van der Waals surface area contributed by atoms with Crippen LogP contribution in [0.4, 0.5) is 5.69 Å². The Hall–Kier alpha value is -2.02. The van der Waals surface area contributed by atoms with Crippen molar-refractivity contribution in [2.45, 2.75) is 25.8 Å². The van der Waals surface area contributed by atoms with Gasteiger partial charge >= 0.3 is 0 Å². The number of nitrogens with zero attached hydrogens (tertiary/aromatic N) is 3. The number of benzene rings is 1. The Balaban J connectivity index is 2.38. The summed E-state index contributed by atoms with van der Waals surface area (Å²) in [5.41, 5.74) is 2.20. The minimum Gasteiger partial charge on any atom is -0.358 e. The largest absolute Gasteiger partial charge is 0.358 e. The molecule has 0 N–H and O–H groups in total. The molecule has 100 valence electrons. The molecule has 2 rings (SSSR count). The number of nitriles is 1. The molecule has 1 fully saturated rings. The zero-order valence-electron chi connectivity index (χ0n) is 11.5. The van der Waals surface area contributed by atoms with Crippen molar-refractivity contribution < 1.29 is 4.79 Å². The molecule has 19 heavy (non-hydrogen) atoms. The van der Waals surface area contributed by atoms with Crippen LogP contribution in [0, 0.1) is 18.3 Å². The lowest BCUT2D eigenvalue weighted by molar-refractivity contribution is -0.130. The number of anilines is 1. The highest BCUT2D eigenvalue weighted by Gasteiger charge is 2.31. The number of amides is 1. The summed E-state index contributed by atoms with van der Waals surface area (Å²) in [7, 11) is 1.81. The molecule has 1 aliphatic rings. The van der Waals surface area contributed by atoms with Crippen molar-refractivity contribution in [1.29, 1.82) is 5.26 Å². The van der Waals surface area contributed by atoms with E-state index in [0.29, 0.717) is 0 Å². The first-order valence-corrected chi connectivity index (χ1v) is 6.59. The molecule has 1 heterocycles.